The summed E-state index contributed by atoms with van der Waals surface area (Å²) in [5.74, 6) is -1.44. The zero-order valence-electron chi connectivity index (χ0n) is 13.7. The second-order valence-electron chi connectivity index (χ2n) is 5.11. The molecule has 0 fully saturated rings. The van der Waals surface area contributed by atoms with E-state index in [0.717, 1.165) is 6.07 Å². The minimum absolute atomic E-state index is 0.113. The fourth-order valence-electron chi connectivity index (χ4n) is 1.85. The number of anilines is 1. The molecule has 2 rings (SSSR count). The lowest BCUT2D eigenvalue weighted by atomic mass is 10.3. The average Bonchev–Trinajstić information content (AvgIpc) is 2.58. The van der Waals surface area contributed by atoms with Gasteiger partial charge in [-0.3, -0.25) is 15.0 Å². The topological polar surface area (TPSA) is 114 Å². The van der Waals surface area contributed by atoms with Gasteiger partial charge in [0.1, 0.15) is 11.6 Å². The summed E-state index contributed by atoms with van der Waals surface area (Å²) in [6, 6.07) is 10.5. The summed E-state index contributed by atoms with van der Waals surface area (Å²) in [5, 5.41) is 2.50. The molecule has 0 aliphatic rings. The number of hydrogen-bond acceptors (Lipinski definition) is 5. The number of nitrogens with one attached hydrogen (secondary N) is 3. The third-order valence-electron chi connectivity index (χ3n) is 2.98. The molecule has 26 heavy (non-hydrogen) atoms. The monoisotopic (exact) mass is 381 g/mol. The van der Waals surface area contributed by atoms with Gasteiger partial charge < -0.3 is 10.1 Å². The molecular formula is C16H16FN3O5S. The third kappa shape index (κ3) is 5.83. The fraction of sp³-hybridized carbons (Fsp3) is 0.125. The highest BCUT2D eigenvalue weighted by Crippen LogP contribution is 2.14. The van der Waals surface area contributed by atoms with Crippen LogP contribution in [-0.2, 0) is 19.6 Å². The summed E-state index contributed by atoms with van der Waals surface area (Å²) in [7, 11) is -4.00. The van der Waals surface area contributed by atoms with Crippen molar-refractivity contribution in [2.24, 2.45) is 0 Å². The number of hydrazine groups is 1. The third-order valence-corrected chi connectivity index (χ3v) is 4.24. The summed E-state index contributed by atoms with van der Waals surface area (Å²) >= 11 is 0. The van der Waals surface area contributed by atoms with Crippen LogP contribution in [0.1, 0.15) is 6.92 Å². The van der Waals surface area contributed by atoms with Crippen molar-refractivity contribution in [1.82, 2.24) is 10.3 Å². The first-order valence-electron chi connectivity index (χ1n) is 7.33. The minimum atomic E-state index is -4.00. The highest BCUT2D eigenvalue weighted by molar-refractivity contribution is 7.89. The number of rotatable bonds is 7. The Balaban J connectivity index is 1.88. The lowest BCUT2D eigenvalue weighted by Gasteiger charge is -2.10. The number of sulfonamides is 1. The smallest absolute Gasteiger partial charge is 0.272 e. The zero-order chi connectivity index (χ0) is 19.2. The molecule has 8 nitrogen and oxygen atoms in total. The Bertz CT molecular complexity index is 900. The van der Waals surface area contributed by atoms with Gasteiger partial charge in [0.15, 0.2) is 6.61 Å². The second-order valence-corrected chi connectivity index (χ2v) is 6.79. The molecule has 0 atom stereocenters. The van der Waals surface area contributed by atoms with Gasteiger partial charge in [-0.15, -0.1) is 4.83 Å². The van der Waals surface area contributed by atoms with Crippen molar-refractivity contribution in [2.45, 2.75) is 11.8 Å². The van der Waals surface area contributed by atoms with Crippen LogP contribution >= 0.6 is 0 Å². The Labute approximate surface area is 149 Å². The molecule has 0 saturated heterocycles. The maximum atomic E-state index is 13.0. The van der Waals surface area contributed by atoms with E-state index < -0.39 is 28.4 Å². The van der Waals surface area contributed by atoms with Crippen molar-refractivity contribution < 1.29 is 27.1 Å². The first kappa shape index (κ1) is 19.3. The lowest BCUT2D eigenvalue weighted by Crippen LogP contribution is -2.43. The van der Waals surface area contributed by atoms with Gasteiger partial charge in [-0.05, 0) is 36.4 Å². The number of hydrogen-bond donors (Lipinski definition) is 3. The molecule has 0 radical (unpaired) electrons. The molecule has 2 amide bonds. The number of amides is 2. The molecule has 3 N–H and O–H groups in total. The second kappa shape index (κ2) is 8.41. The predicted molar refractivity (Wildman–Crippen MR) is 91.1 cm³/mol. The fourth-order valence-corrected chi connectivity index (χ4v) is 2.71. The van der Waals surface area contributed by atoms with E-state index in [2.05, 4.69) is 5.32 Å². The molecule has 0 aromatic heterocycles. The minimum Gasteiger partial charge on any atom is -0.484 e. The van der Waals surface area contributed by atoms with Crippen molar-refractivity contribution in [3.05, 3.63) is 54.3 Å². The van der Waals surface area contributed by atoms with Gasteiger partial charge in [0.05, 0.1) is 4.90 Å². The summed E-state index contributed by atoms with van der Waals surface area (Å²) in [4.78, 5) is 24.4. The van der Waals surface area contributed by atoms with Crippen LogP contribution in [0.25, 0.3) is 0 Å². The Morgan fingerprint density at radius 3 is 2.42 bits per heavy atom. The lowest BCUT2D eigenvalue weighted by molar-refractivity contribution is -0.123. The van der Waals surface area contributed by atoms with Crippen molar-refractivity contribution in [3.8, 4) is 5.75 Å². The van der Waals surface area contributed by atoms with Crippen LogP contribution < -0.4 is 20.3 Å². The number of ether oxygens (including phenoxy) is 1. The Morgan fingerprint density at radius 2 is 1.81 bits per heavy atom. The molecule has 0 aliphatic carbocycles. The van der Waals surface area contributed by atoms with Gasteiger partial charge in [-0.1, -0.05) is 6.07 Å². The zero-order valence-corrected chi connectivity index (χ0v) is 14.5. The first-order chi connectivity index (χ1) is 12.3. The van der Waals surface area contributed by atoms with E-state index in [1.165, 1.54) is 49.4 Å². The molecule has 0 bridgehead atoms. The largest absolute Gasteiger partial charge is 0.484 e. The van der Waals surface area contributed by atoms with Crippen LogP contribution in [0.3, 0.4) is 0 Å². The SMILES string of the molecule is CC(=O)Nc1ccc(S(=O)(=O)NNC(=O)COc2cccc(F)c2)cc1. The summed E-state index contributed by atoms with van der Waals surface area (Å²) in [6.07, 6.45) is 0. The Kier molecular flexibility index (Phi) is 6.26. The summed E-state index contributed by atoms with van der Waals surface area (Å²) in [6.45, 7) is 0.821. The highest BCUT2D eigenvalue weighted by atomic mass is 32.2. The van der Waals surface area contributed by atoms with Crippen molar-refractivity contribution in [3.63, 3.8) is 0 Å². The van der Waals surface area contributed by atoms with E-state index in [1.807, 2.05) is 10.3 Å². The van der Waals surface area contributed by atoms with Gasteiger partial charge in [-0.2, -0.15) is 0 Å². The molecule has 138 valence electrons. The number of halogens is 1. The van der Waals surface area contributed by atoms with Gasteiger partial charge in [-0.25, -0.2) is 12.8 Å². The molecule has 2 aromatic rings. The van der Waals surface area contributed by atoms with E-state index in [1.54, 1.807) is 0 Å². The Morgan fingerprint density at radius 1 is 1.12 bits per heavy atom. The summed E-state index contributed by atoms with van der Waals surface area (Å²) < 4.78 is 42.2. The molecule has 0 unspecified atom stereocenters. The molecule has 0 aliphatic heterocycles. The molecule has 0 spiro atoms. The molecule has 2 aromatic carbocycles. The van der Waals surface area contributed by atoms with E-state index in [-0.39, 0.29) is 16.6 Å². The average molecular weight is 381 g/mol. The normalized spacial score (nSPS) is 10.8. The van der Waals surface area contributed by atoms with Crippen LogP contribution in [-0.4, -0.2) is 26.8 Å². The number of carbonyl (C=O) groups excluding carboxylic acids is 2. The van der Waals surface area contributed by atoms with Gasteiger partial charge in [0, 0.05) is 18.7 Å². The predicted octanol–water partition coefficient (Wildman–Crippen LogP) is 1.17. The van der Waals surface area contributed by atoms with E-state index >= 15 is 0 Å². The molecule has 10 heteroatoms. The van der Waals surface area contributed by atoms with Crippen LogP contribution in [0.5, 0.6) is 5.75 Å². The van der Waals surface area contributed by atoms with Crippen LogP contribution in [0.15, 0.2) is 53.4 Å². The molecule has 0 heterocycles. The molecular weight excluding hydrogens is 365 g/mol. The first-order valence-corrected chi connectivity index (χ1v) is 8.81. The Hall–Kier alpha value is -2.98. The summed E-state index contributed by atoms with van der Waals surface area (Å²) in [5.41, 5.74) is 2.42. The van der Waals surface area contributed by atoms with Gasteiger partial charge in [0.2, 0.25) is 5.91 Å². The standard InChI is InChI=1S/C16H16FN3O5S/c1-11(21)18-13-5-7-15(8-6-13)26(23,24)20-19-16(22)10-25-14-4-2-3-12(17)9-14/h2-9,20H,10H2,1H3,(H,18,21)(H,19,22). The van der Waals surface area contributed by atoms with Gasteiger partial charge >= 0.3 is 0 Å². The van der Waals surface area contributed by atoms with E-state index in [9.17, 15) is 22.4 Å². The van der Waals surface area contributed by atoms with Crippen molar-refractivity contribution >= 4 is 27.5 Å². The molecule has 0 saturated carbocycles. The van der Waals surface area contributed by atoms with Crippen LogP contribution in [0, 0.1) is 5.82 Å². The quantitative estimate of drug-likeness (QED) is 0.623. The number of benzene rings is 2. The maximum absolute atomic E-state index is 13.0. The van der Waals surface area contributed by atoms with Crippen LogP contribution in [0.2, 0.25) is 0 Å². The van der Waals surface area contributed by atoms with E-state index in [0.29, 0.717) is 5.69 Å². The number of carbonyl (C=O) groups is 2. The van der Waals surface area contributed by atoms with Crippen molar-refractivity contribution in [1.29, 1.82) is 0 Å². The van der Waals surface area contributed by atoms with Crippen LogP contribution in [0.4, 0.5) is 10.1 Å². The van der Waals surface area contributed by atoms with Gasteiger partial charge in [0.25, 0.3) is 15.9 Å². The highest BCUT2D eigenvalue weighted by Gasteiger charge is 2.15. The van der Waals surface area contributed by atoms with Crippen molar-refractivity contribution in [2.75, 3.05) is 11.9 Å². The maximum Gasteiger partial charge on any atom is 0.272 e. The van der Waals surface area contributed by atoms with E-state index in [4.69, 9.17) is 4.74 Å².